The van der Waals surface area contributed by atoms with Crippen LogP contribution in [0.25, 0.3) is 22.1 Å². The molecule has 98 heavy (non-hydrogen) atoms. The predicted octanol–water partition coefficient (Wildman–Crippen LogP) is 11.2. The largest absolute Gasteiger partial charge is 0.540 e. The van der Waals surface area contributed by atoms with E-state index in [-0.39, 0.29) is 86.5 Å². The second-order valence-corrected chi connectivity index (χ2v) is 29.9. The van der Waals surface area contributed by atoms with Crippen molar-refractivity contribution in [2.24, 2.45) is 46.3 Å². The first kappa shape index (κ1) is 71.4. The molecule has 2 unspecified atom stereocenters. The van der Waals surface area contributed by atoms with Gasteiger partial charge >= 0.3 is 12.2 Å². The van der Waals surface area contributed by atoms with Crippen molar-refractivity contribution in [3.63, 3.8) is 0 Å². The number of Topliss-reactive ketones (excluding diaryl/α,β-unsaturated/α-hetero) is 1. The van der Waals surface area contributed by atoms with E-state index in [9.17, 15) is 28.8 Å². The van der Waals surface area contributed by atoms with Crippen LogP contribution in [0.4, 0.5) is 9.59 Å². The topological polar surface area (TPSA) is 292 Å². The van der Waals surface area contributed by atoms with E-state index in [1.807, 2.05) is 106 Å². The third-order valence-corrected chi connectivity index (χ3v) is 20.5. The van der Waals surface area contributed by atoms with Gasteiger partial charge in [-0.05, 0) is 143 Å². The molecule has 13 rings (SSSR count). The Morgan fingerprint density at radius 1 is 0.612 bits per heavy atom. The molecule has 5 fully saturated rings. The molecule has 4 aliphatic heterocycles. The van der Waals surface area contributed by atoms with E-state index in [4.69, 9.17) is 57.2 Å². The molecule has 1 radical (unpaired) electrons. The molecular weight excluding hydrogens is 1290 g/mol. The minimum atomic E-state index is -0.912. The molecule has 4 bridgehead atoms. The summed E-state index contributed by atoms with van der Waals surface area (Å²) in [6, 6.07) is 7.73. The molecule has 2 N–H and O–H groups in total. The molecule has 25 heteroatoms. The van der Waals surface area contributed by atoms with Crippen molar-refractivity contribution in [2.75, 3.05) is 13.1 Å². The number of carbonyl (C=O) groups excluding carboxylic acids is 6. The van der Waals surface area contributed by atoms with E-state index in [0.717, 1.165) is 81.1 Å². The van der Waals surface area contributed by atoms with Gasteiger partial charge in [0.05, 0.1) is 53.6 Å². The molecule has 3 aliphatic carbocycles. The fraction of sp³-hybridized carbons (Fsp3) is 0.616. The molecule has 525 valence electrons. The number of nitrogens with one attached hydrogen (secondary N) is 2. The molecule has 0 spiro atoms. The summed E-state index contributed by atoms with van der Waals surface area (Å²) in [5, 5.41) is 5.75. The standard InChI is InChI=1S/C38H48N5O7.C35H45N5O7.V/c1-6-24-30(19-44)43-18-32(24)49-35-28(40-27-13-12-23(16-29(27)41-35)47-20-33-39-17-21(2)48-33)11-9-7-8-10-25-26-14-22(26)15-31(25)50-37(46)42-34(36(43)45)38(3,4)5;1-19-16-36-29(45-19)18-44-23-12-13-24-26(15-23)38-32-25(37-24)11-9-7-8-10-22-14-27(22)47-34(43)39-31(35(4,5)6)33(42)40-17-28(46-32)20(2)30(40)21(3)41;/h12-13,16-17,22,24-26,30-32,34H,6-11,14-15,18,20H2,1-5H3,(H,42,46);12-13,15-16,20,22,27-28,30-31H,7-11,14,17-18H2,1-6H3,(H,39,43);/q-1;;/t22?,24-,25+,26?,30+,31+,32-,34+;20-,22-,27-,28+,30+,31-;/m01./s1. The zero-order chi connectivity index (χ0) is 68.6. The number of nitrogens with zero attached hydrogens (tertiary/aromatic N) is 8. The van der Waals surface area contributed by atoms with Gasteiger partial charge in [0.25, 0.3) is 0 Å². The van der Waals surface area contributed by atoms with Crippen LogP contribution in [0.1, 0.15) is 174 Å². The minimum Gasteiger partial charge on any atom is -0.540 e. The quantitative estimate of drug-likeness (QED) is 0.127. The molecule has 4 aromatic heterocycles. The van der Waals surface area contributed by atoms with Gasteiger partial charge in [-0.15, -0.1) is 0 Å². The molecular formula is C73H93N10O14V-. The summed E-state index contributed by atoms with van der Waals surface area (Å²) in [6.07, 6.45) is 15.5. The van der Waals surface area contributed by atoms with E-state index in [1.165, 1.54) is 18.2 Å². The second kappa shape index (κ2) is 29.9. The molecule has 3 saturated carbocycles. The number of carbonyl (C=O) groups is 5. The smallest absolute Gasteiger partial charge is 0.408 e. The monoisotopic (exact) mass is 1380 g/mol. The van der Waals surface area contributed by atoms with Gasteiger partial charge in [0.2, 0.25) is 35.4 Å². The molecule has 24 nitrogen and oxygen atoms in total. The van der Waals surface area contributed by atoms with Crippen molar-refractivity contribution >= 4 is 58.1 Å². The van der Waals surface area contributed by atoms with Crippen LogP contribution < -0.4 is 29.6 Å². The second-order valence-electron chi connectivity index (χ2n) is 29.9. The summed E-state index contributed by atoms with van der Waals surface area (Å²) >= 11 is 0. The van der Waals surface area contributed by atoms with Gasteiger partial charge in [-0.1, -0.05) is 93.5 Å². The fourth-order valence-electron chi connectivity index (χ4n) is 15.1. The fourth-order valence-corrected chi connectivity index (χ4v) is 15.1. The molecule has 2 aromatic carbocycles. The number of aryl methyl sites for hydroxylation is 4. The van der Waals surface area contributed by atoms with Gasteiger partial charge in [-0.3, -0.25) is 14.4 Å². The summed E-state index contributed by atoms with van der Waals surface area (Å²) in [5.74, 6) is 4.72. The third kappa shape index (κ3) is 16.4. The summed E-state index contributed by atoms with van der Waals surface area (Å²) < 4.78 is 48.0. The van der Waals surface area contributed by atoms with Crippen LogP contribution in [0.3, 0.4) is 0 Å². The Kier molecular flexibility index (Phi) is 21.8. The van der Waals surface area contributed by atoms with Gasteiger partial charge in [0.15, 0.2) is 19.0 Å². The van der Waals surface area contributed by atoms with Gasteiger partial charge in [-0.2, -0.15) is 0 Å². The Labute approximate surface area is 584 Å². The van der Waals surface area contributed by atoms with E-state index < -0.39 is 59.4 Å². The SMILES string of the molecule is CC(=O)[C@@H]1[C@H](C)[C@@H]2CN1C(=O)[C@H](C(C)(C)C)NC(=O)O[C@@H]1C[C@H]1CCCCCc1nc3ccc(OCc4ncc(C)o4)cc3nc1O2.CC[C@@H]1[C@@H]2CN(C(=O)[C@H](C(C)(C)C)NC(=O)O[C@@H]3CC4CC4[C@H]3CCCCCc3nc4ccc(OCc5ncc(C)o5)cc4nc3O2)[C@@H]1[C-]=O.[V]. The van der Waals surface area contributed by atoms with E-state index in [0.29, 0.717) is 106 Å². The van der Waals surface area contributed by atoms with Crippen LogP contribution >= 0.6 is 0 Å². The molecule has 8 heterocycles. The number of benzene rings is 2. The number of hydrogen-bond donors (Lipinski definition) is 2. The van der Waals surface area contributed by atoms with Crippen LogP contribution in [0.5, 0.6) is 23.3 Å². The first-order chi connectivity index (χ1) is 46.4. The van der Waals surface area contributed by atoms with Crippen molar-refractivity contribution in [3.8, 4) is 23.3 Å². The summed E-state index contributed by atoms with van der Waals surface area (Å²) in [7, 11) is 0. The number of amides is 4. The average Bonchev–Trinajstić information content (AvgIpc) is 1.60. The van der Waals surface area contributed by atoms with Crippen LogP contribution in [0.15, 0.2) is 57.6 Å². The van der Waals surface area contributed by atoms with Crippen molar-refractivity contribution in [2.45, 2.75) is 228 Å². The van der Waals surface area contributed by atoms with Gasteiger partial charge in [0.1, 0.15) is 70.9 Å². The van der Waals surface area contributed by atoms with Crippen molar-refractivity contribution in [3.05, 3.63) is 83.5 Å². The van der Waals surface area contributed by atoms with E-state index >= 15 is 0 Å². The number of alkyl carbamates (subject to hydrolysis) is 2. The molecule has 2 saturated heterocycles. The molecule has 7 aliphatic rings. The third-order valence-electron chi connectivity index (χ3n) is 20.5. The van der Waals surface area contributed by atoms with Gasteiger partial charge in [0, 0.05) is 36.6 Å². The molecule has 6 aromatic rings. The van der Waals surface area contributed by atoms with Crippen molar-refractivity contribution < 1.29 is 84.6 Å². The van der Waals surface area contributed by atoms with E-state index in [2.05, 4.69) is 26.9 Å². The zero-order valence-electron chi connectivity index (χ0n) is 58.2. The van der Waals surface area contributed by atoms with Crippen molar-refractivity contribution in [1.82, 2.24) is 50.3 Å². The minimum absolute atomic E-state index is 0. The Balaban J connectivity index is 0.000000197. The maximum Gasteiger partial charge on any atom is 0.408 e. The first-order valence-corrected chi connectivity index (χ1v) is 34.9. The Morgan fingerprint density at radius 2 is 1.12 bits per heavy atom. The van der Waals surface area contributed by atoms with Gasteiger partial charge < -0.3 is 62.5 Å². The number of ketones is 1. The Hall–Kier alpha value is -7.86. The van der Waals surface area contributed by atoms with Crippen LogP contribution in [-0.2, 0) is 73.3 Å². The number of hydrogen-bond acceptors (Lipinski definition) is 20. The number of oxazole rings is 2. The summed E-state index contributed by atoms with van der Waals surface area (Å²) in [6.45, 7) is 21.1. The number of aromatic nitrogens is 6. The predicted molar refractivity (Wildman–Crippen MR) is 355 cm³/mol. The first-order valence-electron chi connectivity index (χ1n) is 34.9. The zero-order valence-corrected chi connectivity index (χ0v) is 59.6. The summed E-state index contributed by atoms with van der Waals surface area (Å²) in [4.78, 5) is 112. The van der Waals surface area contributed by atoms with Crippen LogP contribution in [0, 0.1) is 60.2 Å². The molecule has 4 amide bonds. The Morgan fingerprint density at radius 3 is 1.63 bits per heavy atom. The van der Waals surface area contributed by atoms with Gasteiger partial charge in [-0.25, -0.2) is 45.8 Å². The summed E-state index contributed by atoms with van der Waals surface area (Å²) in [5.41, 5.74) is 2.85. The van der Waals surface area contributed by atoms with Crippen molar-refractivity contribution in [1.29, 1.82) is 0 Å². The maximum absolute atomic E-state index is 14.3. The number of rotatable bonds is 9. The Bertz CT molecular complexity index is 3890. The maximum atomic E-state index is 14.3. The van der Waals surface area contributed by atoms with Crippen LogP contribution in [-0.4, -0.2) is 137 Å². The van der Waals surface area contributed by atoms with Crippen LogP contribution in [0.2, 0.25) is 0 Å². The molecule has 14 atom stereocenters. The normalized spacial score (nSPS) is 28.4. The van der Waals surface area contributed by atoms with E-state index in [1.54, 1.807) is 17.3 Å². The average molecular weight is 1390 g/mol. The number of fused-ring (bicyclic) bond motifs is 12. The number of ether oxygens (including phenoxy) is 6.